The summed E-state index contributed by atoms with van der Waals surface area (Å²) in [6.45, 7) is 0. The van der Waals surface area contributed by atoms with Crippen molar-refractivity contribution in [3.63, 3.8) is 0 Å². The van der Waals surface area contributed by atoms with Crippen LogP contribution in [0.3, 0.4) is 0 Å². The average Bonchev–Trinajstić information content (AvgIpc) is 2.17. The number of fused-ring (bicyclic) bond motifs is 1. The highest BCUT2D eigenvalue weighted by molar-refractivity contribution is 6.68. The number of rotatable bonds is 1. The first-order valence-electron chi connectivity index (χ1n) is 3.86. The third kappa shape index (κ3) is 1.55. The van der Waals surface area contributed by atoms with Crippen molar-refractivity contribution in [2.24, 2.45) is 4.99 Å². The van der Waals surface area contributed by atoms with Crippen LogP contribution in [-0.2, 0) is 4.79 Å². The Balaban J connectivity index is 2.34. The molecule has 0 aromatic heterocycles. The molecule has 1 aliphatic heterocycles. The summed E-state index contributed by atoms with van der Waals surface area (Å²) in [4.78, 5) is 14.9. The van der Waals surface area contributed by atoms with Crippen LogP contribution < -0.4 is 5.32 Å². The van der Waals surface area contributed by atoms with Gasteiger partial charge in [-0.15, -0.1) is 0 Å². The Morgan fingerprint density at radius 2 is 2.46 bits per heavy atom. The molecule has 0 bridgehead atoms. The van der Waals surface area contributed by atoms with E-state index in [0.29, 0.717) is 5.57 Å². The quantitative estimate of drug-likeness (QED) is 0.636. The maximum absolute atomic E-state index is 10.8. The van der Waals surface area contributed by atoms with E-state index in [1.807, 2.05) is 6.08 Å². The second kappa shape index (κ2) is 3.18. The van der Waals surface area contributed by atoms with E-state index < -0.39 is 5.24 Å². The third-order valence-electron chi connectivity index (χ3n) is 1.89. The smallest absolute Gasteiger partial charge is 0.252 e. The molecule has 1 unspecified atom stereocenters. The molecule has 13 heavy (non-hydrogen) atoms. The first kappa shape index (κ1) is 8.26. The summed E-state index contributed by atoms with van der Waals surface area (Å²) in [5.74, 6) is 0. The molecule has 0 fully saturated rings. The van der Waals surface area contributed by atoms with Gasteiger partial charge in [0.25, 0.3) is 5.24 Å². The summed E-state index contributed by atoms with van der Waals surface area (Å²) in [7, 11) is 0. The molecule has 3 nitrogen and oxygen atoms in total. The molecule has 2 aliphatic rings. The van der Waals surface area contributed by atoms with E-state index in [-0.39, 0.29) is 6.04 Å². The maximum atomic E-state index is 10.8. The minimum atomic E-state index is -0.452. The summed E-state index contributed by atoms with van der Waals surface area (Å²) in [6, 6.07) is 0.0739. The number of halogens is 1. The van der Waals surface area contributed by atoms with Crippen LogP contribution in [0.4, 0.5) is 0 Å². The normalized spacial score (nSPS) is 24.2. The van der Waals surface area contributed by atoms with Gasteiger partial charge in [0.05, 0.1) is 11.8 Å². The van der Waals surface area contributed by atoms with E-state index >= 15 is 0 Å². The molecular formula is C9H7ClN2O. The fourth-order valence-electron chi connectivity index (χ4n) is 1.25. The lowest BCUT2D eigenvalue weighted by molar-refractivity contribution is -0.108. The average molecular weight is 195 g/mol. The van der Waals surface area contributed by atoms with Crippen LogP contribution in [0.1, 0.15) is 0 Å². The molecule has 1 aliphatic carbocycles. The van der Waals surface area contributed by atoms with E-state index in [4.69, 9.17) is 11.6 Å². The van der Waals surface area contributed by atoms with Crippen LogP contribution in [0.15, 0.2) is 41.2 Å². The van der Waals surface area contributed by atoms with Crippen LogP contribution in [-0.4, -0.2) is 17.0 Å². The summed E-state index contributed by atoms with van der Waals surface area (Å²) in [6.07, 6.45) is 8.66. The molecule has 0 saturated heterocycles. The zero-order valence-corrected chi connectivity index (χ0v) is 7.45. The minimum absolute atomic E-state index is 0.0739. The molecule has 0 saturated carbocycles. The summed E-state index contributed by atoms with van der Waals surface area (Å²) in [5, 5.41) is 2.63. The number of nitrogens with one attached hydrogen (secondary N) is 1. The highest BCUT2D eigenvalue weighted by Gasteiger charge is 2.17. The van der Waals surface area contributed by atoms with Crippen molar-refractivity contribution >= 4 is 22.6 Å². The zero-order chi connectivity index (χ0) is 9.26. The molecule has 1 atom stereocenters. The molecule has 0 radical (unpaired) electrons. The molecule has 1 heterocycles. The van der Waals surface area contributed by atoms with Gasteiger partial charge in [-0.1, -0.05) is 12.2 Å². The van der Waals surface area contributed by atoms with Crippen LogP contribution in [0, 0.1) is 0 Å². The number of carbonyl (C=O) groups is 1. The molecule has 0 aromatic carbocycles. The van der Waals surface area contributed by atoms with E-state index in [1.54, 1.807) is 24.6 Å². The third-order valence-corrected chi connectivity index (χ3v) is 2.11. The number of carbonyl (C=O) groups excluding carboxylic acids is 1. The Bertz CT molecular complexity index is 366. The van der Waals surface area contributed by atoms with Crippen LogP contribution in [0.5, 0.6) is 0 Å². The van der Waals surface area contributed by atoms with E-state index in [1.165, 1.54) is 0 Å². The van der Waals surface area contributed by atoms with Crippen molar-refractivity contribution in [1.29, 1.82) is 0 Å². The fourth-order valence-corrected chi connectivity index (χ4v) is 1.36. The fraction of sp³-hybridized carbons (Fsp3) is 0.111. The minimum Gasteiger partial charge on any atom is -0.378 e. The van der Waals surface area contributed by atoms with Crippen molar-refractivity contribution in [2.75, 3.05) is 0 Å². The zero-order valence-electron chi connectivity index (χ0n) is 6.70. The molecule has 0 amide bonds. The van der Waals surface area contributed by atoms with Gasteiger partial charge < -0.3 is 5.32 Å². The number of hydrogen-bond acceptors (Lipinski definition) is 3. The Morgan fingerprint density at radius 1 is 1.62 bits per heavy atom. The summed E-state index contributed by atoms with van der Waals surface area (Å²) < 4.78 is 0. The van der Waals surface area contributed by atoms with Gasteiger partial charge in [-0.3, -0.25) is 9.79 Å². The Kier molecular flexibility index (Phi) is 2.02. The van der Waals surface area contributed by atoms with Crippen molar-refractivity contribution in [3.05, 3.63) is 36.2 Å². The molecule has 2 rings (SSSR count). The summed E-state index contributed by atoms with van der Waals surface area (Å²) in [5.41, 5.74) is 1.29. The molecule has 0 spiro atoms. The van der Waals surface area contributed by atoms with Crippen molar-refractivity contribution < 1.29 is 4.79 Å². The van der Waals surface area contributed by atoms with Gasteiger partial charge in [-0.2, -0.15) is 0 Å². The van der Waals surface area contributed by atoms with Gasteiger partial charge in [0.2, 0.25) is 0 Å². The number of aliphatic imine (C=N–C) groups is 1. The largest absolute Gasteiger partial charge is 0.378 e. The summed E-state index contributed by atoms with van der Waals surface area (Å²) >= 11 is 5.34. The lowest BCUT2D eigenvalue weighted by Gasteiger charge is -2.19. The lowest BCUT2D eigenvalue weighted by Crippen LogP contribution is -2.34. The van der Waals surface area contributed by atoms with Gasteiger partial charge in [0.1, 0.15) is 0 Å². The molecule has 0 aromatic rings. The van der Waals surface area contributed by atoms with E-state index in [2.05, 4.69) is 10.3 Å². The number of hydrogen-bond donors (Lipinski definition) is 1. The number of nitrogens with zero attached hydrogens (tertiary/aromatic N) is 1. The van der Waals surface area contributed by atoms with Gasteiger partial charge in [0, 0.05) is 18.0 Å². The first-order chi connectivity index (χ1) is 6.27. The highest BCUT2D eigenvalue weighted by Crippen LogP contribution is 2.13. The van der Waals surface area contributed by atoms with Gasteiger partial charge in [0.15, 0.2) is 0 Å². The van der Waals surface area contributed by atoms with E-state index in [0.717, 1.165) is 5.71 Å². The topological polar surface area (TPSA) is 41.5 Å². The second-order valence-electron chi connectivity index (χ2n) is 2.75. The second-order valence-corrected chi connectivity index (χ2v) is 3.09. The molecule has 4 heteroatoms. The number of allylic oxidation sites excluding steroid dienone is 2. The molecular weight excluding hydrogens is 188 g/mol. The Hall–Kier alpha value is -1.35. The Morgan fingerprint density at radius 3 is 3.23 bits per heavy atom. The predicted octanol–water partition coefficient (Wildman–Crippen LogP) is 1.13. The first-order valence-corrected chi connectivity index (χ1v) is 4.23. The predicted molar refractivity (Wildman–Crippen MR) is 51.6 cm³/mol. The maximum Gasteiger partial charge on any atom is 0.252 e. The van der Waals surface area contributed by atoms with Crippen molar-refractivity contribution in [3.8, 4) is 0 Å². The van der Waals surface area contributed by atoms with Gasteiger partial charge >= 0.3 is 0 Å². The highest BCUT2D eigenvalue weighted by atomic mass is 35.5. The van der Waals surface area contributed by atoms with Crippen LogP contribution in [0.25, 0.3) is 0 Å². The van der Waals surface area contributed by atoms with Crippen molar-refractivity contribution in [1.82, 2.24) is 5.32 Å². The van der Waals surface area contributed by atoms with Gasteiger partial charge in [-0.05, 0) is 17.7 Å². The molecule has 1 N–H and O–H groups in total. The molecule has 66 valence electrons. The monoisotopic (exact) mass is 194 g/mol. The van der Waals surface area contributed by atoms with Crippen LogP contribution >= 0.6 is 11.6 Å². The SMILES string of the molecule is O=C(Cl)C1=CC2=NC=CNC2C=C1. The Labute approximate surface area is 80.5 Å². The van der Waals surface area contributed by atoms with Crippen molar-refractivity contribution in [2.45, 2.75) is 6.04 Å². The standard InChI is InChI=1S/C9H7ClN2O/c10-9(13)6-1-2-7-8(5-6)12-4-3-11-7/h1-5,7,11H. The van der Waals surface area contributed by atoms with Gasteiger partial charge in [-0.25, -0.2) is 0 Å². The van der Waals surface area contributed by atoms with E-state index in [9.17, 15) is 4.79 Å². The lowest BCUT2D eigenvalue weighted by atomic mass is 10.0. The van der Waals surface area contributed by atoms with Crippen LogP contribution in [0.2, 0.25) is 0 Å².